The zero-order chi connectivity index (χ0) is 12.8. The number of allylic oxidation sites excluding steroid dienone is 1. The van der Waals surface area contributed by atoms with E-state index in [4.69, 9.17) is 0 Å². The topological polar surface area (TPSA) is 0 Å². The van der Waals surface area contributed by atoms with Crippen LogP contribution in [0.15, 0.2) is 71.6 Å². The lowest BCUT2D eigenvalue weighted by atomic mass is 10.1. The third-order valence-corrected chi connectivity index (χ3v) is 3.83. The van der Waals surface area contributed by atoms with E-state index in [1.165, 1.54) is 16.0 Å². The van der Waals surface area contributed by atoms with Crippen LogP contribution in [-0.4, -0.2) is 5.25 Å². The molecule has 1 unspecified atom stereocenters. The van der Waals surface area contributed by atoms with Crippen molar-refractivity contribution in [2.45, 2.75) is 24.0 Å². The zero-order valence-electron chi connectivity index (χ0n) is 10.8. The Kier molecular flexibility index (Phi) is 4.66. The summed E-state index contributed by atoms with van der Waals surface area (Å²) in [7, 11) is 0. The van der Waals surface area contributed by atoms with Crippen LogP contribution < -0.4 is 0 Å². The van der Waals surface area contributed by atoms with Crippen LogP contribution in [0.3, 0.4) is 0 Å². The standard InChI is InChI=1S/C17H18S/c1-14(16-9-5-3-6-10-16)13-15(2)18-17-11-7-4-8-12-17/h3-13,15H,1-2H3/b14-13+. The van der Waals surface area contributed by atoms with E-state index in [1.54, 1.807) is 0 Å². The molecule has 0 aromatic heterocycles. The summed E-state index contributed by atoms with van der Waals surface area (Å²) in [6.07, 6.45) is 2.33. The maximum atomic E-state index is 2.33. The van der Waals surface area contributed by atoms with Crippen LogP contribution in [0.2, 0.25) is 0 Å². The van der Waals surface area contributed by atoms with Crippen molar-refractivity contribution in [1.82, 2.24) is 0 Å². The predicted octanol–water partition coefficient (Wildman–Crippen LogP) is 5.27. The summed E-state index contributed by atoms with van der Waals surface area (Å²) in [5.74, 6) is 0. The summed E-state index contributed by atoms with van der Waals surface area (Å²) in [5, 5.41) is 0.479. The Labute approximate surface area is 114 Å². The number of hydrogen-bond donors (Lipinski definition) is 0. The molecule has 0 aliphatic carbocycles. The molecule has 1 atom stereocenters. The van der Waals surface area contributed by atoms with E-state index in [-0.39, 0.29) is 0 Å². The second-order valence-corrected chi connectivity index (χ2v) is 5.80. The number of thioether (sulfide) groups is 1. The van der Waals surface area contributed by atoms with Gasteiger partial charge in [-0.3, -0.25) is 0 Å². The molecule has 2 rings (SSSR count). The molecule has 18 heavy (non-hydrogen) atoms. The minimum atomic E-state index is 0.479. The van der Waals surface area contributed by atoms with Crippen LogP contribution in [0.1, 0.15) is 19.4 Å². The molecule has 0 radical (unpaired) electrons. The number of benzene rings is 2. The first-order valence-electron chi connectivity index (χ1n) is 6.21. The van der Waals surface area contributed by atoms with E-state index in [0.717, 1.165) is 0 Å². The lowest BCUT2D eigenvalue weighted by molar-refractivity contribution is 1.23. The monoisotopic (exact) mass is 254 g/mol. The fourth-order valence-corrected chi connectivity index (χ4v) is 2.91. The van der Waals surface area contributed by atoms with Gasteiger partial charge < -0.3 is 0 Å². The molecule has 0 heterocycles. The highest BCUT2D eigenvalue weighted by atomic mass is 32.2. The summed E-state index contributed by atoms with van der Waals surface area (Å²) in [6.45, 7) is 4.42. The van der Waals surface area contributed by atoms with Gasteiger partial charge in [0, 0.05) is 10.1 Å². The molecule has 0 fully saturated rings. The molecule has 0 aliphatic heterocycles. The second kappa shape index (κ2) is 6.46. The predicted molar refractivity (Wildman–Crippen MR) is 81.9 cm³/mol. The summed E-state index contributed by atoms with van der Waals surface area (Å²) in [5.41, 5.74) is 2.64. The minimum Gasteiger partial charge on any atom is -0.119 e. The molecule has 92 valence electrons. The van der Waals surface area contributed by atoms with Gasteiger partial charge in [0.1, 0.15) is 0 Å². The van der Waals surface area contributed by atoms with Gasteiger partial charge in [0.05, 0.1) is 0 Å². The number of rotatable bonds is 4. The van der Waals surface area contributed by atoms with E-state index in [0.29, 0.717) is 5.25 Å². The Morgan fingerprint density at radius 2 is 1.50 bits per heavy atom. The van der Waals surface area contributed by atoms with Gasteiger partial charge in [-0.2, -0.15) is 0 Å². The van der Waals surface area contributed by atoms with E-state index in [9.17, 15) is 0 Å². The Hall–Kier alpha value is -1.47. The molecule has 0 saturated heterocycles. The Morgan fingerprint density at radius 1 is 0.944 bits per heavy atom. The SMILES string of the molecule is C/C(=C\C(C)Sc1ccccc1)c1ccccc1. The van der Waals surface area contributed by atoms with Crippen molar-refractivity contribution in [3.8, 4) is 0 Å². The summed E-state index contributed by atoms with van der Waals surface area (Å²) in [6, 6.07) is 21.1. The highest BCUT2D eigenvalue weighted by Crippen LogP contribution is 2.26. The lowest BCUT2D eigenvalue weighted by Crippen LogP contribution is -1.92. The van der Waals surface area contributed by atoms with Crippen molar-refractivity contribution >= 4 is 17.3 Å². The first kappa shape index (κ1) is 13.0. The smallest absolute Gasteiger partial charge is 0.0251 e. The van der Waals surface area contributed by atoms with Crippen molar-refractivity contribution in [3.63, 3.8) is 0 Å². The van der Waals surface area contributed by atoms with Crippen molar-refractivity contribution in [2.75, 3.05) is 0 Å². The molecule has 2 aromatic rings. The largest absolute Gasteiger partial charge is 0.119 e. The van der Waals surface area contributed by atoms with E-state index in [2.05, 4.69) is 80.6 Å². The summed E-state index contributed by atoms with van der Waals surface area (Å²) in [4.78, 5) is 1.32. The average molecular weight is 254 g/mol. The fraction of sp³-hybridized carbons (Fsp3) is 0.176. The second-order valence-electron chi connectivity index (χ2n) is 4.35. The summed E-state index contributed by atoms with van der Waals surface area (Å²) >= 11 is 1.89. The maximum absolute atomic E-state index is 2.33. The Bertz CT molecular complexity index is 500. The molecule has 0 saturated carbocycles. The Morgan fingerprint density at radius 3 is 2.11 bits per heavy atom. The quantitative estimate of drug-likeness (QED) is 0.670. The molecule has 2 aromatic carbocycles. The van der Waals surface area contributed by atoms with Gasteiger partial charge >= 0.3 is 0 Å². The molecule has 0 bridgehead atoms. The van der Waals surface area contributed by atoms with Crippen molar-refractivity contribution < 1.29 is 0 Å². The van der Waals surface area contributed by atoms with Gasteiger partial charge in [-0.1, -0.05) is 54.6 Å². The zero-order valence-corrected chi connectivity index (χ0v) is 11.7. The normalized spacial score (nSPS) is 13.3. The van der Waals surface area contributed by atoms with Crippen molar-refractivity contribution in [3.05, 3.63) is 72.3 Å². The average Bonchev–Trinajstić information content (AvgIpc) is 2.40. The van der Waals surface area contributed by atoms with Crippen molar-refractivity contribution in [1.29, 1.82) is 0 Å². The van der Waals surface area contributed by atoms with Gasteiger partial charge in [0.15, 0.2) is 0 Å². The van der Waals surface area contributed by atoms with Gasteiger partial charge in [-0.05, 0) is 37.1 Å². The van der Waals surface area contributed by atoms with Gasteiger partial charge in [-0.25, -0.2) is 0 Å². The molecule has 0 amide bonds. The fourth-order valence-electron chi connectivity index (χ4n) is 1.90. The highest BCUT2D eigenvalue weighted by molar-refractivity contribution is 8.00. The third-order valence-electron chi connectivity index (χ3n) is 2.78. The van der Waals surface area contributed by atoms with E-state index >= 15 is 0 Å². The summed E-state index contributed by atoms with van der Waals surface area (Å²) < 4.78 is 0. The van der Waals surface area contributed by atoms with Crippen LogP contribution in [0.25, 0.3) is 5.57 Å². The van der Waals surface area contributed by atoms with Crippen LogP contribution in [0.5, 0.6) is 0 Å². The number of hydrogen-bond acceptors (Lipinski definition) is 1. The molecule has 0 spiro atoms. The minimum absolute atomic E-state index is 0.479. The van der Waals surface area contributed by atoms with E-state index in [1.807, 2.05) is 11.8 Å². The highest BCUT2D eigenvalue weighted by Gasteiger charge is 2.02. The van der Waals surface area contributed by atoms with Crippen LogP contribution in [0, 0.1) is 0 Å². The molecule has 0 aliphatic rings. The molecule has 1 heteroatoms. The van der Waals surface area contributed by atoms with Gasteiger partial charge in [0.25, 0.3) is 0 Å². The van der Waals surface area contributed by atoms with Crippen LogP contribution in [-0.2, 0) is 0 Å². The van der Waals surface area contributed by atoms with Crippen LogP contribution >= 0.6 is 11.8 Å². The first-order chi connectivity index (χ1) is 8.75. The maximum Gasteiger partial charge on any atom is 0.0251 e. The first-order valence-corrected chi connectivity index (χ1v) is 7.09. The lowest BCUT2D eigenvalue weighted by Gasteiger charge is -2.09. The van der Waals surface area contributed by atoms with Crippen LogP contribution in [0.4, 0.5) is 0 Å². The van der Waals surface area contributed by atoms with Gasteiger partial charge in [0.2, 0.25) is 0 Å². The van der Waals surface area contributed by atoms with Crippen molar-refractivity contribution in [2.24, 2.45) is 0 Å². The van der Waals surface area contributed by atoms with Gasteiger partial charge in [-0.15, -0.1) is 11.8 Å². The van der Waals surface area contributed by atoms with E-state index < -0.39 is 0 Å². The Balaban J connectivity index is 2.04. The molecule has 0 N–H and O–H groups in total. The molecule has 0 nitrogen and oxygen atoms in total. The molecular weight excluding hydrogens is 236 g/mol. The molecular formula is C17H18S. The third kappa shape index (κ3) is 3.78.